The van der Waals surface area contributed by atoms with E-state index in [2.05, 4.69) is 0 Å². The number of ether oxygens (including phenoxy) is 3. The molecular formula is C26H34O7S. The number of hydrogen-bond acceptors (Lipinski definition) is 7. The van der Waals surface area contributed by atoms with Crippen LogP contribution in [-0.4, -0.2) is 50.8 Å². The van der Waals surface area contributed by atoms with Gasteiger partial charge in [-0.15, -0.1) is 0 Å². The molecule has 0 unspecified atom stereocenters. The Morgan fingerprint density at radius 2 is 1.76 bits per heavy atom. The largest absolute Gasteiger partial charge is 0.391 e. The van der Waals surface area contributed by atoms with Crippen molar-refractivity contribution in [3.05, 3.63) is 65.7 Å². The van der Waals surface area contributed by atoms with Crippen LogP contribution in [0.2, 0.25) is 0 Å². The standard InChI is InChI=1S/C26H34O7S/c1-20-10-12-23(13-11-20)34(28,29)32-18-22(27)16-24(30-17-21-8-4-2-5-9-21)25-19-31-26(33-25)14-6-3-7-15-26/h2,4-5,8-13,22,24-25,27H,3,6-7,14-19H2,1H3/t22-,24-,25+/m0/s1. The van der Waals surface area contributed by atoms with E-state index < -0.39 is 28.1 Å². The van der Waals surface area contributed by atoms with Crippen molar-refractivity contribution in [2.24, 2.45) is 0 Å². The van der Waals surface area contributed by atoms with Crippen molar-refractivity contribution in [1.82, 2.24) is 0 Å². The molecule has 0 radical (unpaired) electrons. The number of benzene rings is 2. The van der Waals surface area contributed by atoms with Crippen LogP contribution in [0.25, 0.3) is 0 Å². The van der Waals surface area contributed by atoms with Crippen LogP contribution in [0.4, 0.5) is 0 Å². The molecule has 2 aliphatic rings. The van der Waals surface area contributed by atoms with Crippen molar-refractivity contribution in [2.75, 3.05) is 13.2 Å². The Hall–Kier alpha value is -1.81. The molecule has 1 N–H and O–H groups in total. The second kappa shape index (κ2) is 11.3. The van der Waals surface area contributed by atoms with Gasteiger partial charge in [0.05, 0.1) is 36.9 Å². The van der Waals surface area contributed by atoms with Gasteiger partial charge < -0.3 is 19.3 Å². The van der Waals surface area contributed by atoms with Crippen LogP contribution in [0.15, 0.2) is 59.5 Å². The van der Waals surface area contributed by atoms with Crippen molar-refractivity contribution in [3.8, 4) is 0 Å². The summed E-state index contributed by atoms with van der Waals surface area (Å²) in [5, 5.41) is 10.7. The first-order chi connectivity index (χ1) is 16.4. The Morgan fingerprint density at radius 1 is 1.06 bits per heavy atom. The summed E-state index contributed by atoms with van der Waals surface area (Å²) in [7, 11) is -3.96. The Kier molecular flexibility index (Phi) is 8.39. The molecule has 1 saturated carbocycles. The summed E-state index contributed by atoms with van der Waals surface area (Å²) < 4.78 is 48.7. The first-order valence-electron chi connectivity index (χ1n) is 12.0. The first kappa shape index (κ1) is 25.3. The molecule has 3 atom stereocenters. The van der Waals surface area contributed by atoms with Crippen LogP contribution in [-0.2, 0) is 35.1 Å². The lowest BCUT2D eigenvalue weighted by Crippen LogP contribution is -2.39. The molecule has 8 heteroatoms. The van der Waals surface area contributed by atoms with Gasteiger partial charge >= 0.3 is 0 Å². The second-order valence-electron chi connectivity index (χ2n) is 9.21. The van der Waals surface area contributed by atoms with E-state index in [0.29, 0.717) is 13.2 Å². The number of aryl methyl sites for hydroxylation is 1. The Morgan fingerprint density at radius 3 is 2.47 bits per heavy atom. The SMILES string of the molecule is Cc1ccc(S(=O)(=O)OC[C@@H](O)C[C@H](OCc2ccccc2)[C@H]2COC3(CCCCC3)O2)cc1. The van der Waals surface area contributed by atoms with Crippen molar-refractivity contribution < 1.29 is 31.9 Å². The van der Waals surface area contributed by atoms with Crippen LogP contribution in [0, 0.1) is 6.92 Å². The minimum absolute atomic E-state index is 0.0638. The normalized spacial score (nSPS) is 22.0. The van der Waals surface area contributed by atoms with Gasteiger partial charge in [0.25, 0.3) is 10.1 Å². The van der Waals surface area contributed by atoms with Gasteiger partial charge in [0.15, 0.2) is 5.79 Å². The fraction of sp³-hybridized carbons (Fsp3) is 0.538. The highest BCUT2D eigenvalue weighted by molar-refractivity contribution is 7.86. The lowest BCUT2D eigenvalue weighted by Gasteiger charge is -2.33. The first-order valence-corrected chi connectivity index (χ1v) is 13.4. The minimum Gasteiger partial charge on any atom is -0.391 e. The molecular weight excluding hydrogens is 456 g/mol. The molecule has 1 heterocycles. The average molecular weight is 491 g/mol. The van der Waals surface area contributed by atoms with Gasteiger partial charge in [-0.3, -0.25) is 4.18 Å². The number of hydrogen-bond donors (Lipinski definition) is 1. The molecule has 2 fully saturated rings. The van der Waals surface area contributed by atoms with Crippen LogP contribution in [0.1, 0.15) is 49.7 Å². The molecule has 2 aromatic rings. The molecule has 1 saturated heterocycles. The van der Waals surface area contributed by atoms with Crippen molar-refractivity contribution in [2.45, 2.75) is 81.1 Å². The van der Waals surface area contributed by atoms with E-state index in [-0.39, 0.29) is 24.0 Å². The van der Waals surface area contributed by atoms with E-state index in [1.807, 2.05) is 37.3 Å². The van der Waals surface area contributed by atoms with E-state index >= 15 is 0 Å². The molecule has 1 aliphatic heterocycles. The highest BCUT2D eigenvalue weighted by atomic mass is 32.2. The summed E-state index contributed by atoms with van der Waals surface area (Å²) in [6.07, 6.45) is 3.33. The molecule has 186 valence electrons. The van der Waals surface area contributed by atoms with E-state index in [9.17, 15) is 13.5 Å². The maximum absolute atomic E-state index is 12.5. The van der Waals surface area contributed by atoms with E-state index in [4.69, 9.17) is 18.4 Å². The van der Waals surface area contributed by atoms with Gasteiger partial charge in [-0.2, -0.15) is 8.42 Å². The summed E-state index contributed by atoms with van der Waals surface area (Å²) in [5.74, 6) is -0.562. The third-order valence-electron chi connectivity index (χ3n) is 6.44. The van der Waals surface area contributed by atoms with Crippen molar-refractivity contribution in [1.29, 1.82) is 0 Å². The molecule has 2 aromatic carbocycles. The predicted octanol–water partition coefficient (Wildman–Crippen LogP) is 4.11. The second-order valence-corrected chi connectivity index (χ2v) is 10.8. The molecule has 0 amide bonds. The van der Waals surface area contributed by atoms with Gasteiger partial charge in [0.1, 0.15) is 6.10 Å². The Bertz CT molecular complexity index is 1000. The van der Waals surface area contributed by atoms with Gasteiger partial charge in [-0.25, -0.2) is 0 Å². The lowest BCUT2D eigenvalue weighted by molar-refractivity contribution is -0.201. The molecule has 34 heavy (non-hydrogen) atoms. The smallest absolute Gasteiger partial charge is 0.297 e. The summed E-state index contributed by atoms with van der Waals surface area (Å²) in [4.78, 5) is 0.0638. The van der Waals surface area contributed by atoms with E-state index in [0.717, 1.165) is 36.8 Å². The molecule has 1 spiro atoms. The molecule has 7 nitrogen and oxygen atoms in total. The molecule has 0 aromatic heterocycles. The highest BCUT2D eigenvalue weighted by Crippen LogP contribution is 2.39. The maximum atomic E-state index is 12.5. The van der Waals surface area contributed by atoms with Crippen LogP contribution in [0.5, 0.6) is 0 Å². The van der Waals surface area contributed by atoms with Crippen LogP contribution < -0.4 is 0 Å². The zero-order valence-electron chi connectivity index (χ0n) is 19.6. The van der Waals surface area contributed by atoms with E-state index in [1.54, 1.807) is 12.1 Å². The van der Waals surface area contributed by atoms with Gasteiger partial charge in [0.2, 0.25) is 0 Å². The monoisotopic (exact) mass is 490 g/mol. The number of rotatable bonds is 10. The van der Waals surface area contributed by atoms with Crippen LogP contribution in [0.3, 0.4) is 0 Å². The molecule has 4 rings (SSSR count). The molecule has 1 aliphatic carbocycles. The number of aliphatic hydroxyl groups excluding tert-OH is 1. The fourth-order valence-electron chi connectivity index (χ4n) is 4.50. The zero-order chi connectivity index (χ0) is 24.0. The highest BCUT2D eigenvalue weighted by Gasteiger charge is 2.45. The van der Waals surface area contributed by atoms with Gasteiger partial charge in [-0.1, -0.05) is 54.4 Å². The topological polar surface area (TPSA) is 91.3 Å². The predicted molar refractivity (Wildman–Crippen MR) is 127 cm³/mol. The summed E-state index contributed by atoms with van der Waals surface area (Å²) in [6, 6.07) is 16.2. The third-order valence-corrected chi connectivity index (χ3v) is 7.74. The Balaban J connectivity index is 1.38. The maximum Gasteiger partial charge on any atom is 0.297 e. The third kappa shape index (κ3) is 6.65. The zero-order valence-corrected chi connectivity index (χ0v) is 20.4. The number of aliphatic hydroxyl groups is 1. The lowest BCUT2D eigenvalue weighted by atomic mass is 9.94. The fourth-order valence-corrected chi connectivity index (χ4v) is 5.44. The Labute approximate surface area is 202 Å². The van der Waals surface area contributed by atoms with Crippen molar-refractivity contribution in [3.63, 3.8) is 0 Å². The summed E-state index contributed by atoms with van der Waals surface area (Å²) >= 11 is 0. The minimum atomic E-state index is -3.96. The van der Waals surface area contributed by atoms with Crippen LogP contribution >= 0.6 is 0 Å². The quantitative estimate of drug-likeness (QED) is 0.501. The summed E-state index contributed by atoms with van der Waals surface area (Å²) in [6.45, 7) is 2.26. The van der Waals surface area contributed by atoms with Gasteiger partial charge in [0, 0.05) is 19.3 Å². The van der Waals surface area contributed by atoms with E-state index in [1.165, 1.54) is 18.6 Å². The molecule has 0 bridgehead atoms. The average Bonchev–Trinajstić information content (AvgIpc) is 3.25. The summed E-state index contributed by atoms with van der Waals surface area (Å²) in [5.41, 5.74) is 1.96. The van der Waals surface area contributed by atoms with Crippen molar-refractivity contribution >= 4 is 10.1 Å². The van der Waals surface area contributed by atoms with Gasteiger partial charge in [-0.05, 0) is 37.5 Å².